The number of pyridine rings is 1. The predicted octanol–water partition coefficient (Wildman–Crippen LogP) is 5.39. The van der Waals surface area contributed by atoms with E-state index in [-0.39, 0.29) is 19.0 Å². The van der Waals surface area contributed by atoms with Gasteiger partial charge in [0.2, 0.25) is 5.91 Å². The molecule has 7 nitrogen and oxygen atoms in total. The van der Waals surface area contributed by atoms with Gasteiger partial charge in [-0.2, -0.15) is 10.2 Å². The molecule has 176 valence electrons. The second-order valence-corrected chi connectivity index (χ2v) is 8.75. The van der Waals surface area contributed by atoms with Crippen molar-refractivity contribution >= 4 is 34.2 Å². The van der Waals surface area contributed by atoms with Crippen molar-refractivity contribution in [2.75, 3.05) is 5.32 Å². The summed E-state index contributed by atoms with van der Waals surface area (Å²) in [5.74, 6) is -0.683. The number of carbonyl (C=O) groups excluding carboxylic acids is 1. The summed E-state index contributed by atoms with van der Waals surface area (Å²) in [6.07, 6.45) is 4.86. The van der Waals surface area contributed by atoms with Crippen molar-refractivity contribution in [1.29, 1.82) is 0 Å². The van der Waals surface area contributed by atoms with Gasteiger partial charge in [-0.05, 0) is 43.2 Å². The first-order valence-corrected chi connectivity index (χ1v) is 11.4. The van der Waals surface area contributed by atoms with E-state index in [0.717, 1.165) is 22.2 Å². The van der Waals surface area contributed by atoms with Gasteiger partial charge in [0.15, 0.2) is 5.65 Å². The summed E-state index contributed by atoms with van der Waals surface area (Å²) in [6.45, 7) is 4.09. The van der Waals surface area contributed by atoms with Crippen molar-refractivity contribution in [3.8, 4) is 11.1 Å². The van der Waals surface area contributed by atoms with Crippen molar-refractivity contribution in [2.24, 2.45) is 0 Å². The van der Waals surface area contributed by atoms with Crippen LogP contribution in [-0.4, -0.2) is 30.5 Å². The maximum Gasteiger partial charge on any atom is 0.246 e. The zero-order valence-electron chi connectivity index (χ0n) is 19.2. The lowest BCUT2D eigenvalue weighted by atomic mass is 10.0. The van der Waals surface area contributed by atoms with Gasteiger partial charge in [0.1, 0.15) is 12.4 Å². The molecule has 0 unspecified atom stereocenters. The lowest BCUT2D eigenvalue weighted by Gasteiger charge is -2.07. The van der Waals surface area contributed by atoms with Gasteiger partial charge >= 0.3 is 0 Å². The number of carbonyl (C=O) groups is 1. The summed E-state index contributed by atoms with van der Waals surface area (Å²) in [5.41, 5.74) is 5.54. The summed E-state index contributed by atoms with van der Waals surface area (Å²) >= 11 is 6.10. The lowest BCUT2D eigenvalue weighted by Crippen LogP contribution is -2.19. The monoisotopic (exact) mass is 488 g/mol. The molecule has 9 heteroatoms. The molecule has 2 aromatic carbocycles. The highest BCUT2D eigenvalue weighted by Gasteiger charge is 2.16. The maximum atomic E-state index is 14.1. The van der Waals surface area contributed by atoms with Crippen molar-refractivity contribution in [2.45, 2.75) is 26.9 Å². The predicted molar refractivity (Wildman–Crippen MR) is 134 cm³/mol. The van der Waals surface area contributed by atoms with Crippen LogP contribution in [0.5, 0.6) is 0 Å². The molecule has 0 aliphatic carbocycles. The second kappa shape index (κ2) is 9.31. The van der Waals surface area contributed by atoms with Crippen molar-refractivity contribution in [1.82, 2.24) is 24.5 Å². The molecular weight excluding hydrogens is 467 g/mol. The first-order valence-electron chi connectivity index (χ1n) is 11.0. The van der Waals surface area contributed by atoms with Crippen LogP contribution in [0.2, 0.25) is 5.02 Å². The number of aromatic nitrogens is 5. The molecule has 5 aromatic rings. The molecule has 0 aliphatic rings. The minimum atomic E-state index is -0.406. The Morgan fingerprint density at radius 1 is 1.11 bits per heavy atom. The zero-order valence-corrected chi connectivity index (χ0v) is 19.9. The number of halogens is 2. The molecule has 3 aromatic heterocycles. The minimum Gasteiger partial charge on any atom is -0.322 e. The van der Waals surface area contributed by atoms with E-state index in [0.29, 0.717) is 21.9 Å². The molecule has 0 radical (unpaired) electrons. The normalized spacial score (nSPS) is 11.2. The second-order valence-electron chi connectivity index (χ2n) is 8.34. The molecule has 0 atom stereocenters. The average molecular weight is 489 g/mol. The fourth-order valence-corrected chi connectivity index (χ4v) is 4.28. The first kappa shape index (κ1) is 22.7. The minimum absolute atomic E-state index is 0.0149. The van der Waals surface area contributed by atoms with E-state index in [1.165, 1.54) is 22.5 Å². The summed E-state index contributed by atoms with van der Waals surface area (Å²) in [6, 6.07) is 14.8. The number of nitrogens with one attached hydrogen (secondary N) is 1. The molecule has 5 rings (SSSR count). The van der Waals surface area contributed by atoms with E-state index >= 15 is 0 Å². The third-order valence-corrected chi connectivity index (χ3v) is 6.12. The topological polar surface area (TPSA) is 77.6 Å². The van der Waals surface area contributed by atoms with Crippen LogP contribution in [0.1, 0.15) is 16.8 Å². The number of fused-ring (bicyclic) bond motifs is 1. The Morgan fingerprint density at radius 3 is 2.69 bits per heavy atom. The molecular formula is C26H22ClFN6O. The molecule has 3 heterocycles. The number of amides is 1. The Bertz CT molecular complexity index is 1520. The summed E-state index contributed by atoms with van der Waals surface area (Å²) < 4.78 is 17.2. The van der Waals surface area contributed by atoms with E-state index in [1.807, 2.05) is 19.9 Å². The number of hydrogen-bond donors (Lipinski definition) is 1. The van der Waals surface area contributed by atoms with Crippen molar-refractivity contribution in [3.63, 3.8) is 0 Å². The highest BCUT2D eigenvalue weighted by atomic mass is 35.5. The number of hydrogen-bond acceptors (Lipinski definition) is 4. The zero-order chi connectivity index (χ0) is 24.5. The standard InChI is InChI=1S/C26H22ClFN6O/c1-16-6-8-18(9-7-16)20-10-11-29-26-25(20)17(2)32-34(26)15-24(35)31-19-12-30-33(13-19)14-21-22(27)4-3-5-23(21)28/h3-13H,14-15H2,1-2H3,(H,31,35). The maximum absolute atomic E-state index is 14.1. The Kier molecular flexibility index (Phi) is 6.05. The smallest absolute Gasteiger partial charge is 0.246 e. The molecule has 0 aliphatic heterocycles. The van der Waals surface area contributed by atoms with Gasteiger partial charge in [-0.3, -0.25) is 9.48 Å². The van der Waals surface area contributed by atoms with Crippen LogP contribution in [0.4, 0.5) is 10.1 Å². The van der Waals surface area contributed by atoms with Crippen LogP contribution < -0.4 is 5.32 Å². The van der Waals surface area contributed by atoms with Gasteiger partial charge in [-0.15, -0.1) is 0 Å². The van der Waals surface area contributed by atoms with Crippen molar-refractivity contribution < 1.29 is 9.18 Å². The van der Waals surface area contributed by atoms with E-state index in [1.54, 1.807) is 29.2 Å². The summed E-state index contributed by atoms with van der Waals surface area (Å²) in [5, 5.41) is 12.8. The van der Waals surface area contributed by atoms with Crippen LogP contribution in [0.25, 0.3) is 22.2 Å². The molecule has 1 amide bonds. The number of rotatable bonds is 6. The number of benzene rings is 2. The SMILES string of the molecule is Cc1ccc(-c2ccnc3c2c(C)nn3CC(=O)Nc2cnn(Cc3c(F)cccc3Cl)c2)cc1. The fourth-order valence-electron chi connectivity index (χ4n) is 4.06. The van der Waals surface area contributed by atoms with Crippen molar-refractivity contribution in [3.05, 3.63) is 94.8 Å². The van der Waals surface area contributed by atoms with Crippen LogP contribution in [0, 0.1) is 19.7 Å². The van der Waals surface area contributed by atoms with Gasteiger partial charge in [-0.25, -0.2) is 14.1 Å². The number of nitrogens with zero attached hydrogens (tertiary/aromatic N) is 5. The Morgan fingerprint density at radius 2 is 1.91 bits per heavy atom. The van der Waals surface area contributed by atoms with E-state index in [9.17, 15) is 9.18 Å². The van der Waals surface area contributed by atoms with E-state index < -0.39 is 5.82 Å². The number of aryl methyl sites for hydroxylation is 2. The molecule has 0 fully saturated rings. The van der Waals surface area contributed by atoms with Crippen LogP contribution in [0.3, 0.4) is 0 Å². The fraction of sp³-hybridized carbons (Fsp3) is 0.154. The highest BCUT2D eigenvalue weighted by molar-refractivity contribution is 6.31. The molecule has 35 heavy (non-hydrogen) atoms. The van der Waals surface area contributed by atoms with Crippen LogP contribution >= 0.6 is 11.6 Å². The largest absolute Gasteiger partial charge is 0.322 e. The van der Waals surface area contributed by atoms with Gasteiger partial charge in [-0.1, -0.05) is 47.5 Å². The molecule has 0 saturated carbocycles. The summed E-state index contributed by atoms with van der Waals surface area (Å²) in [7, 11) is 0. The van der Waals surface area contributed by atoms with Gasteiger partial charge in [0.05, 0.1) is 24.1 Å². The Balaban J connectivity index is 1.34. The van der Waals surface area contributed by atoms with Gasteiger partial charge in [0.25, 0.3) is 0 Å². The third kappa shape index (κ3) is 4.65. The van der Waals surface area contributed by atoms with Crippen LogP contribution in [-0.2, 0) is 17.9 Å². The Hall–Kier alpha value is -4.04. The first-order chi connectivity index (χ1) is 16.9. The molecule has 0 saturated heterocycles. The highest BCUT2D eigenvalue weighted by Crippen LogP contribution is 2.30. The van der Waals surface area contributed by atoms with E-state index in [2.05, 4.69) is 44.8 Å². The Labute approximate surface area is 206 Å². The molecule has 0 spiro atoms. The van der Waals surface area contributed by atoms with Gasteiger partial charge < -0.3 is 5.32 Å². The lowest BCUT2D eigenvalue weighted by molar-refractivity contribution is -0.116. The van der Waals surface area contributed by atoms with Crippen LogP contribution in [0.15, 0.2) is 67.1 Å². The average Bonchev–Trinajstić information content (AvgIpc) is 3.40. The van der Waals surface area contributed by atoms with E-state index in [4.69, 9.17) is 11.6 Å². The third-order valence-electron chi connectivity index (χ3n) is 5.76. The quantitative estimate of drug-likeness (QED) is 0.347. The summed E-state index contributed by atoms with van der Waals surface area (Å²) in [4.78, 5) is 17.3. The molecule has 1 N–H and O–H groups in total. The molecule has 0 bridgehead atoms. The van der Waals surface area contributed by atoms with Gasteiger partial charge in [0, 0.05) is 28.4 Å². The number of anilines is 1.